The molecule has 18 heavy (non-hydrogen) atoms. The third-order valence-electron chi connectivity index (χ3n) is 2.61. The lowest BCUT2D eigenvalue weighted by atomic mass is 10.4. The average Bonchev–Trinajstić information content (AvgIpc) is 2.40. The van der Waals surface area contributed by atoms with E-state index in [-0.39, 0.29) is 0 Å². The van der Waals surface area contributed by atoms with Crippen molar-refractivity contribution in [3.05, 3.63) is 28.7 Å². The van der Waals surface area contributed by atoms with E-state index in [1.54, 1.807) is 0 Å². The fourth-order valence-corrected chi connectivity index (χ4v) is 2.87. The first kappa shape index (κ1) is 13.7. The smallest absolute Gasteiger partial charge is 0.191 e. The maximum atomic E-state index is 4.40. The number of benzene rings is 1. The third kappa shape index (κ3) is 4.53. The van der Waals surface area contributed by atoms with Gasteiger partial charge in [0.15, 0.2) is 5.96 Å². The van der Waals surface area contributed by atoms with Gasteiger partial charge >= 0.3 is 0 Å². The van der Waals surface area contributed by atoms with Crippen LogP contribution in [0.3, 0.4) is 0 Å². The van der Waals surface area contributed by atoms with Crippen molar-refractivity contribution in [2.45, 2.75) is 23.5 Å². The van der Waals surface area contributed by atoms with Gasteiger partial charge in [-0.3, -0.25) is 4.99 Å². The predicted octanol–water partition coefficient (Wildman–Crippen LogP) is 2.87. The molecule has 0 amide bonds. The number of nitrogens with zero attached hydrogens (tertiary/aromatic N) is 1. The van der Waals surface area contributed by atoms with Crippen molar-refractivity contribution in [2.24, 2.45) is 4.99 Å². The molecule has 1 aromatic carbocycles. The van der Waals surface area contributed by atoms with Crippen LogP contribution in [0.5, 0.6) is 0 Å². The quantitative estimate of drug-likeness (QED) is 0.835. The van der Waals surface area contributed by atoms with E-state index in [0.29, 0.717) is 5.25 Å². The standard InChI is InChI=1S/C13H18BrN3S/c1-10(9-17-13-15-7-2-8-16-13)18-12-5-3-11(14)4-6-12/h3-6,10H,2,7-9H2,1H3,(H2,15,16,17). The highest BCUT2D eigenvalue weighted by molar-refractivity contribution is 9.10. The second kappa shape index (κ2) is 7.04. The molecule has 0 saturated carbocycles. The van der Waals surface area contributed by atoms with Crippen molar-refractivity contribution >= 4 is 33.7 Å². The van der Waals surface area contributed by atoms with Gasteiger partial charge < -0.3 is 10.6 Å². The number of guanidine groups is 1. The maximum absolute atomic E-state index is 4.40. The van der Waals surface area contributed by atoms with Crippen molar-refractivity contribution in [1.82, 2.24) is 10.6 Å². The Balaban J connectivity index is 1.76. The van der Waals surface area contributed by atoms with Crippen LogP contribution in [-0.4, -0.2) is 30.8 Å². The van der Waals surface area contributed by atoms with Gasteiger partial charge in [-0.1, -0.05) is 22.9 Å². The van der Waals surface area contributed by atoms with Gasteiger partial charge in [-0.15, -0.1) is 11.8 Å². The van der Waals surface area contributed by atoms with E-state index in [2.05, 4.69) is 62.7 Å². The first-order chi connectivity index (χ1) is 8.74. The Labute approximate surface area is 121 Å². The van der Waals surface area contributed by atoms with Crippen LogP contribution in [0.15, 0.2) is 38.6 Å². The fraction of sp³-hybridized carbons (Fsp3) is 0.462. The molecule has 5 heteroatoms. The zero-order valence-corrected chi connectivity index (χ0v) is 12.9. The Kier molecular flexibility index (Phi) is 5.38. The lowest BCUT2D eigenvalue weighted by Crippen LogP contribution is -2.42. The molecule has 2 rings (SSSR count). The van der Waals surface area contributed by atoms with Crippen molar-refractivity contribution in [1.29, 1.82) is 0 Å². The summed E-state index contributed by atoms with van der Waals surface area (Å²) in [5.74, 6) is 0.949. The fourth-order valence-electron chi connectivity index (χ4n) is 1.68. The van der Waals surface area contributed by atoms with Crippen LogP contribution in [0.1, 0.15) is 13.3 Å². The Morgan fingerprint density at radius 1 is 1.44 bits per heavy atom. The molecule has 1 heterocycles. The number of hydrogen-bond acceptors (Lipinski definition) is 4. The molecule has 0 radical (unpaired) electrons. The summed E-state index contributed by atoms with van der Waals surface area (Å²) in [6, 6.07) is 8.44. The van der Waals surface area contributed by atoms with E-state index < -0.39 is 0 Å². The van der Waals surface area contributed by atoms with Gasteiger partial charge in [-0.05, 0) is 30.7 Å². The summed E-state index contributed by atoms with van der Waals surface area (Å²) in [6.07, 6.45) is 1.13. The van der Waals surface area contributed by atoms with E-state index in [4.69, 9.17) is 0 Å². The Morgan fingerprint density at radius 3 is 2.89 bits per heavy atom. The number of halogens is 1. The van der Waals surface area contributed by atoms with Crippen LogP contribution < -0.4 is 10.6 Å². The summed E-state index contributed by atoms with van der Waals surface area (Å²) in [5.41, 5.74) is 0. The molecule has 0 fully saturated rings. The van der Waals surface area contributed by atoms with Gasteiger partial charge in [-0.2, -0.15) is 0 Å². The molecular formula is C13H18BrN3S. The lowest BCUT2D eigenvalue weighted by molar-refractivity contribution is 0.699. The van der Waals surface area contributed by atoms with Crippen LogP contribution in [0.25, 0.3) is 0 Å². The van der Waals surface area contributed by atoms with Gasteiger partial charge in [0.05, 0.1) is 0 Å². The first-order valence-corrected chi connectivity index (χ1v) is 7.86. The molecule has 0 bridgehead atoms. The Bertz CT molecular complexity index is 405. The molecule has 1 atom stereocenters. The van der Waals surface area contributed by atoms with Gasteiger partial charge in [0.1, 0.15) is 0 Å². The highest BCUT2D eigenvalue weighted by Gasteiger charge is 2.07. The molecule has 0 saturated heterocycles. The van der Waals surface area contributed by atoms with E-state index in [1.165, 1.54) is 4.90 Å². The van der Waals surface area contributed by atoms with E-state index in [1.807, 2.05) is 11.8 Å². The third-order valence-corrected chi connectivity index (χ3v) is 4.25. The van der Waals surface area contributed by atoms with Crippen molar-refractivity contribution in [3.63, 3.8) is 0 Å². The van der Waals surface area contributed by atoms with Crippen LogP contribution in [0.2, 0.25) is 0 Å². The summed E-state index contributed by atoms with van der Waals surface area (Å²) < 4.78 is 1.12. The zero-order chi connectivity index (χ0) is 12.8. The zero-order valence-electron chi connectivity index (χ0n) is 10.4. The van der Waals surface area contributed by atoms with E-state index in [0.717, 1.165) is 36.5 Å². The summed E-state index contributed by atoms with van der Waals surface area (Å²) >= 11 is 5.32. The maximum Gasteiger partial charge on any atom is 0.191 e. The van der Waals surface area contributed by atoms with Crippen LogP contribution in [0.4, 0.5) is 0 Å². The monoisotopic (exact) mass is 327 g/mol. The molecule has 1 unspecified atom stereocenters. The average molecular weight is 328 g/mol. The molecule has 0 spiro atoms. The molecule has 0 aromatic heterocycles. The molecule has 1 aliphatic heterocycles. The van der Waals surface area contributed by atoms with Crippen molar-refractivity contribution in [3.8, 4) is 0 Å². The molecule has 0 aliphatic carbocycles. The van der Waals surface area contributed by atoms with Crippen LogP contribution in [-0.2, 0) is 0 Å². The van der Waals surface area contributed by atoms with Crippen molar-refractivity contribution in [2.75, 3.05) is 19.6 Å². The molecule has 1 aliphatic rings. The topological polar surface area (TPSA) is 36.4 Å². The lowest BCUT2D eigenvalue weighted by Gasteiger charge is -2.18. The summed E-state index contributed by atoms with van der Waals surface area (Å²) in [4.78, 5) is 5.70. The van der Waals surface area contributed by atoms with Gasteiger partial charge in [-0.25, -0.2) is 0 Å². The number of aliphatic imine (C=N–C) groups is 1. The highest BCUT2D eigenvalue weighted by Crippen LogP contribution is 2.24. The largest absolute Gasteiger partial charge is 0.356 e. The van der Waals surface area contributed by atoms with E-state index >= 15 is 0 Å². The SMILES string of the molecule is CC(CNC1=NCCCN1)Sc1ccc(Br)cc1. The number of hydrogen-bond donors (Lipinski definition) is 2. The number of thioether (sulfide) groups is 1. The Hall–Kier alpha value is -0.680. The first-order valence-electron chi connectivity index (χ1n) is 6.18. The van der Waals surface area contributed by atoms with Crippen LogP contribution >= 0.6 is 27.7 Å². The number of rotatable bonds is 4. The summed E-state index contributed by atoms with van der Waals surface area (Å²) in [5, 5.41) is 7.14. The second-order valence-corrected chi connectivity index (χ2v) is 6.70. The predicted molar refractivity (Wildman–Crippen MR) is 82.4 cm³/mol. The Morgan fingerprint density at radius 2 is 2.22 bits per heavy atom. The summed E-state index contributed by atoms with van der Waals surface area (Å²) in [6.45, 7) is 5.11. The molecule has 3 nitrogen and oxygen atoms in total. The summed E-state index contributed by atoms with van der Waals surface area (Å²) in [7, 11) is 0. The second-order valence-electron chi connectivity index (χ2n) is 4.27. The number of nitrogens with one attached hydrogen (secondary N) is 2. The molecule has 98 valence electrons. The minimum atomic E-state index is 0.512. The minimum absolute atomic E-state index is 0.512. The van der Waals surface area contributed by atoms with Gasteiger partial charge in [0.25, 0.3) is 0 Å². The van der Waals surface area contributed by atoms with Gasteiger partial charge in [0, 0.05) is 34.3 Å². The minimum Gasteiger partial charge on any atom is -0.356 e. The molecule has 1 aromatic rings. The molecule has 2 N–H and O–H groups in total. The highest BCUT2D eigenvalue weighted by atomic mass is 79.9. The molecular weight excluding hydrogens is 310 g/mol. The normalized spacial score (nSPS) is 16.7. The van der Waals surface area contributed by atoms with E-state index in [9.17, 15) is 0 Å². The van der Waals surface area contributed by atoms with Gasteiger partial charge in [0.2, 0.25) is 0 Å². The van der Waals surface area contributed by atoms with Crippen molar-refractivity contribution < 1.29 is 0 Å². The van der Waals surface area contributed by atoms with Crippen LogP contribution in [0, 0.1) is 0 Å².